The van der Waals surface area contributed by atoms with Crippen molar-refractivity contribution in [1.29, 1.82) is 0 Å². The van der Waals surface area contributed by atoms with E-state index < -0.39 is 123 Å². The third kappa shape index (κ3) is 13.9. The summed E-state index contributed by atoms with van der Waals surface area (Å²) in [5.41, 5.74) is -6.43. The highest BCUT2D eigenvalue weighted by atomic mass is 32.2. The maximum Gasteiger partial charge on any atom is 0.311 e. The minimum atomic E-state index is -4.16. The molecule has 18 atom stereocenters. The lowest BCUT2D eigenvalue weighted by Crippen LogP contribution is -2.70. The van der Waals surface area contributed by atoms with Crippen LogP contribution in [-0.4, -0.2) is 174 Å². The van der Waals surface area contributed by atoms with Gasteiger partial charge in [0.15, 0.2) is 18.7 Å². The van der Waals surface area contributed by atoms with E-state index in [4.69, 9.17) is 33.2 Å². The number of nitrogens with one attached hydrogen (secondary N) is 1. The van der Waals surface area contributed by atoms with Gasteiger partial charge in [-0.3, -0.25) is 9.69 Å². The van der Waals surface area contributed by atoms with Crippen LogP contribution in [0.2, 0.25) is 0 Å². The molecule has 0 amide bonds. The van der Waals surface area contributed by atoms with Gasteiger partial charge in [-0.15, -0.1) is 0 Å². The second-order valence-corrected chi connectivity index (χ2v) is 24.1. The number of esters is 1. The molecule has 74 heavy (non-hydrogen) atoms. The molecule has 17 nitrogen and oxygen atoms in total. The van der Waals surface area contributed by atoms with Crippen LogP contribution < -0.4 is 10.1 Å². The zero-order chi connectivity index (χ0) is 55.1. The fourth-order valence-corrected chi connectivity index (χ4v) is 13.0. The highest BCUT2D eigenvalue weighted by molar-refractivity contribution is 7.89. The summed E-state index contributed by atoms with van der Waals surface area (Å²) >= 11 is 0. The Kier molecular flexibility index (Phi) is 21.5. The van der Waals surface area contributed by atoms with Crippen molar-refractivity contribution in [3.63, 3.8) is 0 Å². The fraction of sp³-hybridized carbons (Fsp3) is 0.764. The topological polar surface area (TPSA) is 215 Å². The van der Waals surface area contributed by atoms with Crippen molar-refractivity contribution < 1.29 is 71.2 Å². The van der Waals surface area contributed by atoms with E-state index in [2.05, 4.69) is 10.2 Å². The van der Waals surface area contributed by atoms with E-state index in [0.29, 0.717) is 26.1 Å². The highest BCUT2D eigenvalue weighted by Gasteiger charge is 2.59. The van der Waals surface area contributed by atoms with E-state index in [9.17, 15) is 38.0 Å². The van der Waals surface area contributed by atoms with Gasteiger partial charge in [-0.1, -0.05) is 52.8 Å². The first-order valence-corrected chi connectivity index (χ1v) is 28.2. The van der Waals surface area contributed by atoms with Gasteiger partial charge in [0, 0.05) is 45.6 Å². The van der Waals surface area contributed by atoms with Crippen LogP contribution in [0.1, 0.15) is 122 Å². The maximum atomic E-state index is 14.9. The molecule has 422 valence electrons. The zero-order valence-corrected chi connectivity index (χ0v) is 47.2. The van der Waals surface area contributed by atoms with Crippen LogP contribution in [0.15, 0.2) is 59.5 Å². The number of benzene rings is 2. The number of rotatable bonds is 17. The molecule has 2 aromatic rings. The molecule has 5 rings (SSSR count). The van der Waals surface area contributed by atoms with Crippen LogP contribution in [0.4, 0.5) is 4.39 Å². The number of ether oxygens (including phenoxy) is 7. The summed E-state index contributed by atoms with van der Waals surface area (Å²) in [4.78, 5) is 17.0. The minimum absolute atomic E-state index is 0.00641. The van der Waals surface area contributed by atoms with Crippen molar-refractivity contribution in [3.8, 4) is 5.75 Å². The number of aliphatic hydroxyl groups is 4. The van der Waals surface area contributed by atoms with Gasteiger partial charge >= 0.3 is 5.97 Å². The van der Waals surface area contributed by atoms with Gasteiger partial charge in [-0.25, -0.2) is 12.8 Å². The number of hydrogen-bond donors (Lipinski definition) is 5. The summed E-state index contributed by atoms with van der Waals surface area (Å²) in [6, 6.07) is 11.7. The van der Waals surface area contributed by atoms with E-state index >= 15 is 0 Å². The average molecular weight is 1070 g/mol. The van der Waals surface area contributed by atoms with Crippen molar-refractivity contribution in [1.82, 2.24) is 14.5 Å². The molecule has 0 aliphatic carbocycles. The van der Waals surface area contributed by atoms with Gasteiger partial charge in [0.2, 0.25) is 10.0 Å². The van der Waals surface area contributed by atoms with Gasteiger partial charge in [-0.05, 0) is 136 Å². The van der Waals surface area contributed by atoms with Crippen molar-refractivity contribution in [2.24, 2.45) is 17.8 Å². The zero-order valence-electron chi connectivity index (χ0n) is 46.4. The van der Waals surface area contributed by atoms with Crippen LogP contribution >= 0.6 is 0 Å². The summed E-state index contributed by atoms with van der Waals surface area (Å²) in [7, 11) is -1.18. The van der Waals surface area contributed by atoms with Crippen LogP contribution in [0, 0.1) is 23.6 Å². The normalized spacial score (nSPS) is 39.5. The lowest BCUT2D eigenvalue weighted by atomic mass is 9.75. The molecule has 0 saturated carbocycles. The van der Waals surface area contributed by atoms with Crippen molar-refractivity contribution >= 4 is 16.0 Å². The van der Waals surface area contributed by atoms with Crippen LogP contribution in [-0.2, 0) is 43.2 Å². The van der Waals surface area contributed by atoms with Gasteiger partial charge in [-0.2, -0.15) is 4.31 Å². The molecule has 0 unspecified atom stereocenters. The smallest absolute Gasteiger partial charge is 0.311 e. The number of nitrogens with zero attached hydrogens (tertiary/aromatic N) is 2. The lowest BCUT2D eigenvalue weighted by Gasteiger charge is -2.53. The predicted octanol–water partition coefficient (Wildman–Crippen LogP) is 6.04. The molecular formula is C55H90FN3O14S. The highest BCUT2D eigenvalue weighted by Crippen LogP contribution is 2.44. The Labute approximate surface area is 440 Å². The first-order valence-electron chi connectivity index (χ1n) is 26.7. The van der Waals surface area contributed by atoms with Gasteiger partial charge < -0.3 is 58.9 Å². The van der Waals surface area contributed by atoms with E-state index in [-0.39, 0.29) is 48.8 Å². The number of cyclic esters (lactones) is 1. The van der Waals surface area contributed by atoms with Gasteiger partial charge in [0.05, 0.1) is 46.9 Å². The average Bonchev–Trinajstić information content (AvgIpc) is 3.35. The lowest BCUT2D eigenvalue weighted by molar-refractivity contribution is -0.335. The third-order valence-electron chi connectivity index (χ3n) is 16.1. The largest absolute Gasteiger partial charge is 0.483 e. The van der Waals surface area contributed by atoms with Crippen LogP contribution in [0.25, 0.3) is 0 Å². The molecule has 19 heteroatoms. The molecule has 3 heterocycles. The first kappa shape index (κ1) is 62.0. The van der Waals surface area contributed by atoms with E-state index in [1.54, 1.807) is 66.7 Å². The number of aliphatic hydroxyl groups excluding tert-OH is 1. The Bertz CT molecular complexity index is 2180. The standard InChI is InChI=1S/C55H90FN3O14S/c1-15-27-57-33-55(64)39(9)69-45(31-53(55,11)67-14)72-46-36(6)49(52(10,62)30-34(4)32-59(28-16-2)38(8)48(60)54(12,63)44(17-3)71-50(61)37(46)7)73-51-47(70-41-25-23-40(56)24-26-41)43(29-35(5)68-51)58(13)74(65,66)42-21-19-18-20-22-42/h18-26,34-39,43-49,51,57,60,62-64H,15-17,27-33H2,1-14H3/t34-,35-,36+,37-,38-,39+,43+,44-,45+,46+,47-,48-,49-,51+,52-,53-,54-,55+/m1/s1. The fourth-order valence-electron chi connectivity index (χ4n) is 11.6. The molecule has 3 aliphatic rings. The van der Waals surface area contributed by atoms with Crippen molar-refractivity contribution in [2.75, 3.05) is 40.3 Å². The monoisotopic (exact) mass is 1070 g/mol. The number of likely N-dealkylation sites (N-methyl/N-ethyl adjacent to an activating group) is 1. The number of carbonyl (C=O) groups excluding carboxylic acids is 1. The Morgan fingerprint density at radius 3 is 2.14 bits per heavy atom. The first-order chi connectivity index (χ1) is 34.6. The Hall–Kier alpha value is -2.89. The van der Waals surface area contributed by atoms with Crippen LogP contribution in [0.3, 0.4) is 0 Å². The maximum absolute atomic E-state index is 14.9. The summed E-state index contributed by atoms with van der Waals surface area (Å²) in [5, 5.41) is 53.0. The number of hydrogen-bond acceptors (Lipinski definition) is 16. The molecule has 3 fully saturated rings. The molecular weight excluding hydrogens is 978 g/mol. The molecule has 3 saturated heterocycles. The van der Waals surface area contributed by atoms with Crippen LogP contribution in [0.5, 0.6) is 5.75 Å². The number of carbonyl (C=O) groups is 1. The quantitative estimate of drug-likeness (QED) is 0.0903. The molecule has 0 aromatic heterocycles. The second kappa shape index (κ2) is 25.7. The second-order valence-electron chi connectivity index (χ2n) is 22.1. The predicted molar refractivity (Wildman–Crippen MR) is 278 cm³/mol. The Balaban J connectivity index is 1.69. The molecule has 0 spiro atoms. The Morgan fingerprint density at radius 2 is 1.54 bits per heavy atom. The van der Waals surface area contributed by atoms with Crippen molar-refractivity contribution in [2.45, 2.75) is 216 Å². The summed E-state index contributed by atoms with van der Waals surface area (Å²) in [6.45, 7) is 23.1. The Morgan fingerprint density at radius 1 is 0.892 bits per heavy atom. The SMILES string of the molecule is CCCNC[C@]1(O)[C@H](C)O[C@@H](O[C@H]2[C@H](C)[C@@H](O[C@@H]3O[C@H](C)C[C@H](N(C)S(=O)(=O)c4ccccc4)[C@H]3Oc3ccc(F)cc3)[C@](C)(O)C[C@@H](C)CN(CCC)[C@H](C)[C@@H](O)[C@](C)(O)[C@@H](CC)OC(=O)[C@@H]2C)C[C@@]1(C)OC. The summed E-state index contributed by atoms with van der Waals surface area (Å²) < 4.78 is 90.8. The van der Waals surface area contributed by atoms with Gasteiger partial charge in [0.25, 0.3) is 0 Å². The number of halogens is 1. The van der Waals surface area contributed by atoms with E-state index in [1.165, 1.54) is 61.8 Å². The summed E-state index contributed by atoms with van der Waals surface area (Å²) in [5.74, 6) is -3.49. The summed E-state index contributed by atoms with van der Waals surface area (Å²) in [6.07, 6.45) is -8.28. The third-order valence-corrected chi connectivity index (χ3v) is 18.0. The molecule has 3 aliphatic heterocycles. The minimum Gasteiger partial charge on any atom is -0.483 e. The number of sulfonamides is 1. The number of methoxy groups -OCH3 is 1. The molecule has 5 N–H and O–H groups in total. The van der Waals surface area contributed by atoms with E-state index in [0.717, 1.165) is 6.42 Å². The van der Waals surface area contributed by atoms with E-state index in [1.807, 2.05) is 27.7 Å². The van der Waals surface area contributed by atoms with Gasteiger partial charge in [0.1, 0.15) is 40.6 Å². The van der Waals surface area contributed by atoms with Crippen molar-refractivity contribution in [3.05, 3.63) is 60.4 Å². The molecule has 2 aromatic carbocycles. The molecule has 0 bridgehead atoms. The molecule has 0 radical (unpaired) electrons.